The summed E-state index contributed by atoms with van der Waals surface area (Å²) in [5, 5.41) is 0. The number of nitrogens with zero attached hydrogens (tertiary/aromatic N) is 1. The van der Waals surface area contributed by atoms with Crippen LogP contribution < -0.4 is 0 Å². The summed E-state index contributed by atoms with van der Waals surface area (Å²) in [6.45, 7) is 14.2. The number of esters is 1. The van der Waals surface area contributed by atoms with E-state index in [1.165, 1.54) is 6.92 Å². The fourth-order valence-corrected chi connectivity index (χ4v) is 0.831. The maximum Gasteiger partial charge on any atom is 0.303 e. The summed E-state index contributed by atoms with van der Waals surface area (Å²) in [5.41, 5.74) is 0. The van der Waals surface area contributed by atoms with Gasteiger partial charge in [-0.25, -0.2) is 0 Å². The monoisotopic (exact) mass is 233 g/mol. The molecule has 0 unspecified atom stereocenters. The molecular formula is C12H27NO3. The lowest BCUT2D eigenvalue weighted by molar-refractivity contribution is -0.150. The van der Waals surface area contributed by atoms with Gasteiger partial charge in [0.15, 0.2) is 6.61 Å². The highest BCUT2D eigenvalue weighted by Gasteiger charge is 2.09. The van der Waals surface area contributed by atoms with Crippen molar-refractivity contribution in [2.45, 2.75) is 48.5 Å². The average Bonchev–Trinajstić information content (AvgIpc) is 2.33. The molecule has 98 valence electrons. The molecule has 16 heavy (non-hydrogen) atoms. The molecule has 0 rings (SSSR count). The predicted molar refractivity (Wildman–Crippen MR) is 67.3 cm³/mol. The molecule has 0 fully saturated rings. The molecule has 0 saturated carbocycles. The number of carbonyl (C=O) groups excluding carboxylic acids is 2. The van der Waals surface area contributed by atoms with Crippen molar-refractivity contribution in [3.63, 3.8) is 0 Å². The highest BCUT2D eigenvalue weighted by Crippen LogP contribution is 1.89. The molecule has 0 saturated heterocycles. The number of hydrogen-bond donors (Lipinski definition) is 0. The predicted octanol–water partition coefficient (Wildman–Crippen LogP) is 2.47. The number of amides is 1. The zero-order valence-electron chi connectivity index (χ0n) is 11.8. The Morgan fingerprint density at radius 1 is 1.00 bits per heavy atom. The van der Waals surface area contributed by atoms with Crippen LogP contribution >= 0.6 is 0 Å². The first-order valence-electron chi connectivity index (χ1n) is 6.02. The molecule has 0 bridgehead atoms. The van der Waals surface area contributed by atoms with Crippen LogP contribution in [0.5, 0.6) is 0 Å². The van der Waals surface area contributed by atoms with E-state index in [-0.39, 0.29) is 12.5 Å². The van der Waals surface area contributed by atoms with Crippen LogP contribution in [0.3, 0.4) is 0 Å². The quantitative estimate of drug-likeness (QED) is 0.701. The highest BCUT2D eigenvalue weighted by atomic mass is 16.5. The summed E-state index contributed by atoms with van der Waals surface area (Å²) in [7, 11) is 0. The van der Waals surface area contributed by atoms with E-state index in [1.54, 1.807) is 4.90 Å². The summed E-state index contributed by atoms with van der Waals surface area (Å²) < 4.78 is 4.56. The minimum atomic E-state index is -0.421. The first-order chi connectivity index (χ1) is 7.61. The van der Waals surface area contributed by atoms with Gasteiger partial charge in [-0.15, -0.1) is 0 Å². The Hall–Kier alpha value is -1.06. The topological polar surface area (TPSA) is 46.6 Å². The molecule has 0 aromatic heterocycles. The molecule has 0 N–H and O–H groups in total. The van der Waals surface area contributed by atoms with Crippen molar-refractivity contribution in [2.24, 2.45) is 0 Å². The van der Waals surface area contributed by atoms with E-state index >= 15 is 0 Å². The average molecular weight is 233 g/mol. The molecule has 0 aromatic rings. The third-order valence-corrected chi connectivity index (χ3v) is 1.52. The molecule has 0 aliphatic rings. The summed E-state index contributed by atoms with van der Waals surface area (Å²) in [4.78, 5) is 23.1. The number of ether oxygens (including phenoxy) is 1. The van der Waals surface area contributed by atoms with Gasteiger partial charge in [-0.2, -0.15) is 0 Å². The maximum atomic E-state index is 11.2. The van der Waals surface area contributed by atoms with Crippen LogP contribution in [-0.4, -0.2) is 36.5 Å². The molecule has 1 amide bonds. The van der Waals surface area contributed by atoms with E-state index in [0.717, 1.165) is 0 Å². The Morgan fingerprint density at radius 2 is 1.38 bits per heavy atom. The van der Waals surface area contributed by atoms with Gasteiger partial charge in [0, 0.05) is 20.0 Å². The molecule has 0 aliphatic heterocycles. The third-order valence-electron chi connectivity index (χ3n) is 1.52. The maximum absolute atomic E-state index is 11.2. The van der Waals surface area contributed by atoms with Crippen molar-refractivity contribution in [1.82, 2.24) is 4.90 Å². The fourth-order valence-electron chi connectivity index (χ4n) is 0.831. The van der Waals surface area contributed by atoms with E-state index in [1.807, 2.05) is 41.5 Å². The Bertz CT molecular complexity index is 166. The number of carbonyl (C=O) groups is 2. The Kier molecular flexibility index (Phi) is 20.8. The van der Waals surface area contributed by atoms with Crippen LogP contribution in [0.1, 0.15) is 48.5 Å². The smallest absolute Gasteiger partial charge is 0.303 e. The SMILES string of the molecule is CC.CC.CCN(CC)C(=O)COC(C)=O. The molecule has 4 nitrogen and oxygen atoms in total. The second-order valence-corrected chi connectivity index (χ2v) is 2.35. The van der Waals surface area contributed by atoms with E-state index < -0.39 is 5.97 Å². The van der Waals surface area contributed by atoms with Crippen molar-refractivity contribution < 1.29 is 14.3 Å². The van der Waals surface area contributed by atoms with E-state index in [0.29, 0.717) is 13.1 Å². The van der Waals surface area contributed by atoms with Crippen LogP contribution in [-0.2, 0) is 14.3 Å². The van der Waals surface area contributed by atoms with Crippen LogP contribution in [0.4, 0.5) is 0 Å². The lowest BCUT2D eigenvalue weighted by Gasteiger charge is -2.17. The normalized spacial score (nSPS) is 7.69. The van der Waals surface area contributed by atoms with E-state index in [2.05, 4.69) is 4.74 Å². The van der Waals surface area contributed by atoms with Crippen molar-refractivity contribution in [3.8, 4) is 0 Å². The minimum absolute atomic E-state index is 0.142. The Labute approximate surface area is 100.0 Å². The van der Waals surface area contributed by atoms with Crippen molar-refractivity contribution in [1.29, 1.82) is 0 Å². The van der Waals surface area contributed by atoms with E-state index in [9.17, 15) is 9.59 Å². The van der Waals surface area contributed by atoms with Crippen LogP contribution in [0, 0.1) is 0 Å². The molecular weight excluding hydrogens is 206 g/mol. The largest absolute Gasteiger partial charge is 0.456 e. The van der Waals surface area contributed by atoms with Gasteiger partial charge in [-0.1, -0.05) is 27.7 Å². The van der Waals surface area contributed by atoms with Crippen LogP contribution in [0.25, 0.3) is 0 Å². The standard InChI is InChI=1S/C8H15NO3.2C2H6/c1-4-9(5-2)8(11)6-12-7(3)10;2*1-2/h4-6H2,1-3H3;2*1-2H3. The molecule has 4 heteroatoms. The van der Waals surface area contributed by atoms with Gasteiger partial charge in [-0.3, -0.25) is 9.59 Å². The summed E-state index contributed by atoms with van der Waals surface area (Å²) in [5.74, 6) is -0.564. The van der Waals surface area contributed by atoms with Crippen LogP contribution in [0.2, 0.25) is 0 Å². The van der Waals surface area contributed by atoms with E-state index in [4.69, 9.17) is 0 Å². The van der Waals surface area contributed by atoms with Gasteiger partial charge in [0.25, 0.3) is 5.91 Å². The van der Waals surface area contributed by atoms with Crippen molar-refractivity contribution in [3.05, 3.63) is 0 Å². The number of hydrogen-bond acceptors (Lipinski definition) is 3. The van der Waals surface area contributed by atoms with Gasteiger partial charge < -0.3 is 9.64 Å². The lowest BCUT2D eigenvalue weighted by Crippen LogP contribution is -2.34. The number of rotatable bonds is 4. The van der Waals surface area contributed by atoms with Gasteiger partial charge in [-0.05, 0) is 13.8 Å². The van der Waals surface area contributed by atoms with Gasteiger partial charge in [0.05, 0.1) is 0 Å². The molecule has 0 heterocycles. The lowest BCUT2D eigenvalue weighted by atomic mass is 10.5. The first-order valence-corrected chi connectivity index (χ1v) is 6.02. The Balaban J connectivity index is -0.000000376. The van der Waals surface area contributed by atoms with Crippen LogP contribution in [0.15, 0.2) is 0 Å². The number of likely N-dealkylation sites (N-methyl/N-ethyl adjacent to an activating group) is 1. The van der Waals surface area contributed by atoms with Gasteiger partial charge in [0.1, 0.15) is 0 Å². The molecule has 0 atom stereocenters. The Morgan fingerprint density at radius 3 is 1.62 bits per heavy atom. The summed E-state index contributed by atoms with van der Waals surface area (Å²) >= 11 is 0. The first kappa shape index (κ1) is 20.4. The van der Waals surface area contributed by atoms with Crippen molar-refractivity contribution in [2.75, 3.05) is 19.7 Å². The second-order valence-electron chi connectivity index (χ2n) is 2.35. The minimum Gasteiger partial charge on any atom is -0.456 e. The third kappa shape index (κ3) is 12.9. The molecule has 0 spiro atoms. The zero-order valence-corrected chi connectivity index (χ0v) is 11.8. The molecule has 0 radical (unpaired) electrons. The van der Waals surface area contributed by atoms with Crippen molar-refractivity contribution >= 4 is 11.9 Å². The molecule has 0 aliphatic carbocycles. The van der Waals surface area contributed by atoms with Gasteiger partial charge >= 0.3 is 5.97 Å². The molecule has 0 aromatic carbocycles. The highest BCUT2D eigenvalue weighted by molar-refractivity contribution is 5.79. The summed E-state index contributed by atoms with van der Waals surface area (Å²) in [6.07, 6.45) is 0. The second kappa shape index (κ2) is 16.4. The summed E-state index contributed by atoms with van der Waals surface area (Å²) in [6, 6.07) is 0. The van der Waals surface area contributed by atoms with Gasteiger partial charge in [0.2, 0.25) is 0 Å². The zero-order chi connectivity index (χ0) is 13.6. The fraction of sp³-hybridized carbons (Fsp3) is 0.833.